The first-order valence-corrected chi connectivity index (χ1v) is 8.89. The normalized spacial score (nSPS) is 14.0. The first-order chi connectivity index (χ1) is 9.78. The molecule has 0 spiro atoms. The minimum atomic E-state index is -3.87. The highest BCUT2D eigenvalue weighted by molar-refractivity contribution is 7.85. The number of nitrogens with one attached hydrogen (secondary N) is 1. The van der Waals surface area contributed by atoms with Crippen molar-refractivity contribution in [3.05, 3.63) is 40.9 Å². The minimum absolute atomic E-state index is 0.141. The lowest BCUT2D eigenvalue weighted by molar-refractivity contribution is 0.456. The van der Waals surface area contributed by atoms with Crippen LogP contribution in [0.5, 0.6) is 0 Å². The fourth-order valence-corrected chi connectivity index (χ4v) is 2.47. The van der Waals surface area contributed by atoms with Crippen LogP contribution in [0.3, 0.4) is 0 Å². The molecule has 0 unspecified atom stereocenters. The molecule has 0 heterocycles. The van der Waals surface area contributed by atoms with E-state index in [1.165, 1.54) is 0 Å². The Labute approximate surface area is 132 Å². The molecule has 2 N–H and O–H groups in total. The van der Waals surface area contributed by atoms with E-state index in [1.54, 1.807) is 0 Å². The van der Waals surface area contributed by atoms with Crippen molar-refractivity contribution < 1.29 is 13.0 Å². The van der Waals surface area contributed by atoms with Gasteiger partial charge < -0.3 is 5.32 Å². The van der Waals surface area contributed by atoms with E-state index in [-0.39, 0.29) is 11.8 Å². The molecule has 0 aromatic heterocycles. The molecule has 0 aliphatic heterocycles. The van der Waals surface area contributed by atoms with Crippen molar-refractivity contribution >= 4 is 27.8 Å². The lowest BCUT2D eigenvalue weighted by Crippen LogP contribution is -2.33. The average molecular weight is 332 g/mol. The van der Waals surface area contributed by atoms with Crippen LogP contribution in [0.1, 0.15) is 25.8 Å². The quantitative estimate of drug-likeness (QED) is 0.567. The van der Waals surface area contributed by atoms with Crippen molar-refractivity contribution in [3.63, 3.8) is 0 Å². The fraction of sp³-hybridized carbons (Fsp3) is 0.467. The first kappa shape index (κ1) is 18.2. The third kappa shape index (κ3) is 8.21. The Morgan fingerprint density at radius 3 is 2.43 bits per heavy atom. The van der Waals surface area contributed by atoms with Crippen LogP contribution in [0, 0.1) is 5.92 Å². The van der Waals surface area contributed by atoms with E-state index in [1.807, 2.05) is 30.3 Å². The van der Waals surface area contributed by atoms with E-state index in [4.69, 9.17) is 16.2 Å². The molecule has 118 valence electrons. The molecule has 4 nitrogen and oxygen atoms in total. The van der Waals surface area contributed by atoms with Crippen LogP contribution in [0.4, 0.5) is 0 Å². The van der Waals surface area contributed by atoms with Crippen LogP contribution in [-0.2, 0) is 10.1 Å². The summed E-state index contributed by atoms with van der Waals surface area (Å²) in [5, 5.41) is 3.99. The van der Waals surface area contributed by atoms with Crippen LogP contribution < -0.4 is 5.32 Å². The van der Waals surface area contributed by atoms with Gasteiger partial charge >= 0.3 is 0 Å². The van der Waals surface area contributed by atoms with Crippen molar-refractivity contribution in [1.82, 2.24) is 5.32 Å². The van der Waals surface area contributed by atoms with Gasteiger partial charge in [-0.3, -0.25) is 4.55 Å². The molecule has 0 fully saturated rings. The summed E-state index contributed by atoms with van der Waals surface area (Å²) in [6.45, 7) is 4.72. The molecule has 1 rings (SSSR count). The summed E-state index contributed by atoms with van der Waals surface area (Å²) in [6, 6.07) is 7.70. The van der Waals surface area contributed by atoms with Gasteiger partial charge in [-0.25, -0.2) is 0 Å². The fourth-order valence-electron chi connectivity index (χ4n) is 1.84. The molecule has 1 aromatic rings. The zero-order valence-corrected chi connectivity index (χ0v) is 13.9. The van der Waals surface area contributed by atoms with Crippen LogP contribution in [-0.4, -0.2) is 31.3 Å². The van der Waals surface area contributed by atoms with E-state index in [0.29, 0.717) is 23.9 Å². The molecule has 1 atom stereocenters. The minimum Gasteiger partial charge on any atom is -0.310 e. The number of benzene rings is 1. The molecule has 0 aliphatic rings. The Morgan fingerprint density at radius 1 is 1.29 bits per heavy atom. The van der Waals surface area contributed by atoms with E-state index in [9.17, 15) is 8.42 Å². The SMILES string of the molecule is CC(C)[C@@H](C=Cc1ccc(Cl)cc1)NCCCS(=O)(=O)O. The van der Waals surface area contributed by atoms with Crippen LogP contribution in [0.2, 0.25) is 5.02 Å². The van der Waals surface area contributed by atoms with Crippen LogP contribution >= 0.6 is 11.6 Å². The van der Waals surface area contributed by atoms with Gasteiger partial charge in [-0.15, -0.1) is 0 Å². The summed E-state index contributed by atoms with van der Waals surface area (Å²) in [5.74, 6) is 0.158. The standard InChI is InChI=1S/C15H22ClNO3S/c1-12(2)15(17-10-3-11-21(18,19)20)9-6-13-4-7-14(16)8-5-13/h4-9,12,15,17H,3,10-11H2,1-2H3,(H,18,19,20)/t15-/m1/s1. The van der Waals surface area contributed by atoms with E-state index in [2.05, 4.69) is 25.2 Å². The van der Waals surface area contributed by atoms with Gasteiger partial charge in [0.15, 0.2) is 0 Å². The molecule has 0 saturated carbocycles. The second-order valence-electron chi connectivity index (χ2n) is 5.27. The molecule has 0 radical (unpaired) electrons. The molecular formula is C15H22ClNO3S. The molecule has 0 amide bonds. The summed E-state index contributed by atoms with van der Waals surface area (Å²) in [7, 11) is -3.87. The summed E-state index contributed by atoms with van der Waals surface area (Å²) in [6.07, 6.45) is 4.45. The first-order valence-electron chi connectivity index (χ1n) is 6.90. The lowest BCUT2D eigenvalue weighted by Gasteiger charge is -2.18. The van der Waals surface area contributed by atoms with Crippen molar-refractivity contribution in [1.29, 1.82) is 0 Å². The second-order valence-corrected chi connectivity index (χ2v) is 7.28. The highest BCUT2D eigenvalue weighted by Gasteiger charge is 2.10. The Bertz CT molecular complexity index is 553. The molecule has 6 heteroatoms. The molecule has 21 heavy (non-hydrogen) atoms. The Balaban J connectivity index is 2.51. The van der Waals surface area contributed by atoms with Gasteiger partial charge in [0.1, 0.15) is 0 Å². The van der Waals surface area contributed by atoms with Crippen molar-refractivity contribution in [2.45, 2.75) is 26.3 Å². The maximum absolute atomic E-state index is 10.7. The van der Waals surface area contributed by atoms with Gasteiger partial charge in [-0.2, -0.15) is 8.42 Å². The summed E-state index contributed by atoms with van der Waals surface area (Å²) < 4.78 is 30.0. The average Bonchev–Trinajstić information content (AvgIpc) is 2.38. The van der Waals surface area contributed by atoms with Gasteiger partial charge in [0.05, 0.1) is 5.75 Å². The maximum atomic E-state index is 10.7. The predicted molar refractivity (Wildman–Crippen MR) is 88.1 cm³/mol. The van der Waals surface area contributed by atoms with Crippen LogP contribution in [0.15, 0.2) is 30.3 Å². The smallest absolute Gasteiger partial charge is 0.264 e. The lowest BCUT2D eigenvalue weighted by atomic mass is 10.0. The molecule has 0 bridgehead atoms. The van der Waals surface area contributed by atoms with Gasteiger partial charge in [0, 0.05) is 11.1 Å². The van der Waals surface area contributed by atoms with Crippen molar-refractivity contribution in [2.75, 3.05) is 12.3 Å². The van der Waals surface area contributed by atoms with Crippen molar-refractivity contribution in [2.24, 2.45) is 5.92 Å². The Morgan fingerprint density at radius 2 is 1.90 bits per heavy atom. The molecular weight excluding hydrogens is 310 g/mol. The van der Waals surface area contributed by atoms with E-state index in [0.717, 1.165) is 5.56 Å². The summed E-state index contributed by atoms with van der Waals surface area (Å²) >= 11 is 5.84. The molecule has 1 aromatic carbocycles. The van der Waals surface area contributed by atoms with Gasteiger partial charge in [0.25, 0.3) is 10.1 Å². The number of halogens is 1. The number of rotatable bonds is 8. The third-order valence-corrected chi connectivity index (χ3v) is 4.10. The highest BCUT2D eigenvalue weighted by Crippen LogP contribution is 2.12. The van der Waals surface area contributed by atoms with Gasteiger partial charge in [0.2, 0.25) is 0 Å². The van der Waals surface area contributed by atoms with E-state index < -0.39 is 10.1 Å². The maximum Gasteiger partial charge on any atom is 0.264 e. The second kappa shape index (κ2) is 8.54. The third-order valence-electron chi connectivity index (χ3n) is 3.04. The summed E-state index contributed by atoms with van der Waals surface area (Å²) in [5.41, 5.74) is 1.06. The predicted octanol–water partition coefficient (Wildman–Crippen LogP) is 3.25. The highest BCUT2D eigenvalue weighted by atomic mass is 35.5. The van der Waals surface area contributed by atoms with E-state index >= 15 is 0 Å². The van der Waals surface area contributed by atoms with Crippen LogP contribution in [0.25, 0.3) is 6.08 Å². The topological polar surface area (TPSA) is 66.4 Å². The van der Waals surface area contributed by atoms with Gasteiger partial charge in [-0.05, 0) is 36.6 Å². The zero-order valence-electron chi connectivity index (χ0n) is 12.3. The Kier molecular flexibility index (Phi) is 7.39. The molecule has 0 aliphatic carbocycles. The zero-order chi connectivity index (χ0) is 15.9. The monoisotopic (exact) mass is 331 g/mol. The molecule has 0 saturated heterocycles. The largest absolute Gasteiger partial charge is 0.310 e. The van der Waals surface area contributed by atoms with Gasteiger partial charge in [-0.1, -0.05) is 49.7 Å². The number of hydrogen-bond donors (Lipinski definition) is 2. The van der Waals surface area contributed by atoms with Crippen molar-refractivity contribution in [3.8, 4) is 0 Å². The summed E-state index contributed by atoms with van der Waals surface area (Å²) in [4.78, 5) is 0. The number of hydrogen-bond acceptors (Lipinski definition) is 3. The Hall–Kier alpha value is -0.880.